The van der Waals surface area contributed by atoms with Gasteiger partial charge in [-0.2, -0.15) is 0 Å². The number of benzene rings is 3. The van der Waals surface area contributed by atoms with E-state index in [4.69, 9.17) is 23.4 Å². The SMILES string of the molecule is COc1ccc(CN2COc3ccc4cc(-c5ccc(OC)cc5OC)c(=O)oc4c3C2)cc1. The van der Waals surface area contributed by atoms with Gasteiger partial charge in [0.1, 0.15) is 35.3 Å². The molecule has 1 aliphatic rings. The van der Waals surface area contributed by atoms with E-state index in [0.717, 1.165) is 28.0 Å². The first-order chi connectivity index (χ1) is 16.6. The normalized spacial score (nSPS) is 13.3. The van der Waals surface area contributed by atoms with Crippen LogP contribution in [0, 0.1) is 0 Å². The maximum Gasteiger partial charge on any atom is 0.344 e. The van der Waals surface area contributed by atoms with Crippen LogP contribution in [0.2, 0.25) is 0 Å². The minimum Gasteiger partial charge on any atom is -0.497 e. The van der Waals surface area contributed by atoms with E-state index in [9.17, 15) is 4.79 Å². The number of fused-ring (bicyclic) bond motifs is 3. The lowest BCUT2D eigenvalue weighted by Crippen LogP contribution is -2.31. The molecule has 0 bridgehead atoms. The van der Waals surface area contributed by atoms with Crippen LogP contribution in [0.1, 0.15) is 11.1 Å². The molecular weight excluding hydrogens is 434 g/mol. The minimum atomic E-state index is -0.434. The van der Waals surface area contributed by atoms with Crippen LogP contribution in [0.4, 0.5) is 0 Å². The number of ether oxygens (including phenoxy) is 4. The van der Waals surface area contributed by atoms with Crippen LogP contribution < -0.4 is 24.6 Å². The van der Waals surface area contributed by atoms with Gasteiger partial charge in [-0.25, -0.2) is 4.79 Å². The zero-order valence-corrected chi connectivity index (χ0v) is 19.3. The first-order valence-electron chi connectivity index (χ1n) is 10.9. The topological polar surface area (TPSA) is 70.4 Å². The second-order valence-corrected chi connectivity index (χ2v) is 8.08. The molecule has 0 saturated heterocycles. The Morgan fingerprint density at radius 3 is 2.35 bits per heavy atom. The quantitative estimate of drug-likeness (QED) is 0.382. The van der Waals surface area contributed by atoms with Crippen LogP contribution in [0.25, 0.3) is 22.1 Å². The van der Waals surface area contributed by atoms with E-state index in [2.05, 4.69) is 4.90 Å². The van der Waals surface area contributed by atoms with Gasteiger partial charge in [-0.15, -0.1) is 0 Å². The Hall–Kier alpha value is -3.97. The third kappa shape index (κ3) is 4.06. The van der Waals surface area contributed by atoms with Gasteiger partial charge in [0.2, 0.25) is 0 Å². The first-order valence-corrected chi connectivity index (χ1v) is 10.9. The van der Waals surface area contributed by atoms with E-state index in [1.165, 1.54) is 0 Å². The van der Waals surface area contributed by atoms with Crippen LogP contribution in [-0.2, 0) is 13.1 Å². The van der Waals surface area contributed by atoms with Crippen molar-refractivity contribution in [3.8, 4) is 34.1 Å². The molecular formula is C27H25NO6. The summed E-state index contributed by atoms with van der Waals surface area (Å²) in [5, 5.41) is 0.820. The molecule has 34 heavy (non-hydrogen) atoms. The predicted octanol–water partition coefficient (Wildman–Crippen LogP) is 4.84. The third-order valence-electron chi connectivity index (χ3n) is 6.01. The van der Waals surface area contributed by atoms with Crippen molar-refractivity contribution in [3.05, 3.63) is 82.2 Å². The Morgan fingerprint density at radius 2 is 1.62 bits per heavy atom. The zero-order valence-electron chi connectivity index (χ0n) is 19.3. The highest BCUT2D eigenvalue weighted by atomic mass is 16.5. The molecule has 0 amide bonds. The number of hydrogen-bond acceptors (Lipinski definition) is 7. The second-order valence-electron chi connectivity index (χ2n) is 8.08. The summed E-state index contributed by atoms with van der Waals surface area (Å²) in [6.07, 6.45) is 0. The van der Waals surface area contributed by atoms with E-state index in [1.54, 1.807) is 39.5 Å². The average molecular weight is 459 g/mol. The third-order valence-corrected chi connectivity index (χ3v) is 6.01. The van der Waals surface area contributed by atoms with Gasteiger partial charge in [0.05, 0.1) is 32.5 Å². The summed E-state index contributed by atoms with van der Waals surface area (Å²) in [7, 11) is 4.80. The lowest BCUT2D eigenvalue weighted by Gasteiger charge is -2.29. The van der Waals surface area contributed by atoms with E-state index in [0.29, 0.717) is 48.0 Å². The molecule has 2 heterocycles. The molecule has 0 aliphatic carbocycles. The molecule has 4 aromatic rings. The van der Waals surface area contributed by atoms with Gasteiger partial charge in [0, 0.05) is 30.1 Å². The highest BCUT2D eigenvalue weighted by Crippen LogP contribution is 2.36. The van der Waals surface area contributed by atoms with Crippen molar-refractivity contribution in [2.75, 3.05) is 28.1 Å². The summed E-state index contributed by atoms with van der Waals surface area (Å²) in [6.45, 7) is 1.76. The molecule has 1 aliphatic heterocycles. The average Bonchev–Trinajstić information content (AvgIpc) is 2.88. The van der Waals surface area contributed by atoms with Gasteiger partial charge < -0.3 is 23.4 Å². The highest BCUT2D eigenvalue weighted by molar-refractivity contribution is 5.87. The maximum atomic E-state index is 13.1. The maximum absolute atomic E-state index is 13.1. The fourth-order valence-electron chi connectivity index (χ4n) is 4.24. The van der Waals surface area contributed by atoms with Crippen molar-refractivity contribution in [2.45, 2.75) is 13.1 Å². The zero-order chi connectivity index (χ0) is 23.7. The van der Waals surface area contributed by atoms with Gasteiger partial charge in [-0.3, -0.25) is 4.90 Å². The fraction of sp³-hybridized carbons (Fsp3) is 0.222. The Morgan fingerprint density at radius 1 is 0.853 bits per heavy atom. The fourth-order valence-corrected chi connectivity index (χ4v) is 4.24. The molecule has 5 rings (SSSR count). The lowest BCUT2D eigenvalue weighted by atomic mass is 10.0. The van der Waals surface area contributed by atoms with Crippen LogP contribution in [0.3, 0.4) is 0 Å². The van der Waals surface area contributed by atoms with Crippen molar-refractivity contribution in [1.82, 2.24) is 4.90 Å². The monoisotopic (exact) mass is 459 g/mol. The van der Waals surface area contributed by atoms with E-state index in [-0.39, 0.29) is 0 Å². The summed E-state index contributed by atoms with van der Waals surface area (Å²) < 4.78 is 27.8. The first kappa shape index (κ1) is 21.9. The molecule has 0 saturated carbocycles. The Kier molecular flexibility index (Phi) is 5.86. The van der Waals surface area contributed by atoms with E-state index >= 15 is 0 Å². The van der Waals surface area contributed by atoms with Gasteiger partial charge in [-0.05, 0) is 48.0 Å². The molecule has 0 N–H and O–H groups in total. The van der Waals surface area contributed by atoms with Crippen molar-refractivity contribution >= 4 is 11.0 Å². The second kappa shape index (κ2) is 9.11. The Bertz CT molecular complexity index is 1390. The number of rotatable bonds is 6. The summed E-state index contributed by atoms with van der Waals surface area (Å²) in [5.74, 6) is 2.74. The molecule has 0 fully saturated rings. The number of nitrogens with zero attached hydrogens (tertiary/aromatic N) is 1. The lowest BCUT2D eigenvalue weighted by molar-refractivity contribution is 0.0889. The molecule has 7 nitrogen and oxygen atoms in total. The number of hydrogen-bond donors (Lipinski definition) is 0. The van der Waals surface area contributed by atoms with Gasteiger partial charge in [-0.1, -0.05) is 12.1 Å². The van der Waals surface area contributed by atoms with Crippen LogP contribution in [0.5, 0.6) is 23.0 Å². The van der Waals surface area contributed by atoms with Gasteiger partial charge >= 0.3 is 5.63 Å². The summed E-state index contributed by atoms with van der Waals surface area (Å²) in [6, 6.07) is 19.0. The summed E-state index contributed by atoms with van der Waals surface area (Å²) in [4.78, 5) is 15.2. The van der Waals surface area contributed by atoms with Crippen molar-refractivity contribution < 1.29 is 23.4 Å². The molecule has 1 aromatic heterocycles. The minimum absolute atomic E-state index is 0.429. The Labute approximate surface area is 197 Å². The number of methoxy groups -OCH3 is 3. The van der Waals surface area contributed by atoms with Crippen LogP contribution in [0.15, 0.2) is 69.9 Å². The highest BCUT2D eigenvalue weighted by Gasteiger charge is 2.23. The van der Waals surface area contributed by atoms with E-state index < -0.39 is 5.63 Å². The molecule has 174 valence electrons. The standard InChI is InChI=1S/C27H25NO6/c1-30-19-7-4-17(5-8-19)14-28-15-23-24(33-16-28)11-6-18-12-22(27(29)34-26(18)23)21-10-9-20(31-2)13-25(21)32-3/h4-13H,14-16H2,1-3H3. The van der Waals surface area contributed by atoms with E-state index in [1.807, 2.05) is 42.5 Å². The van der Waals surface area contributed by atoms with Crippen LogP contribution in [-0.4, -0.2) is 33.0 Å². The summed E-state index contributed by atoms with van der Waals surface area (Å²) in [5.41, 5.74) is 3.19. The Balaban J connectivity index is 1.49. The molecule has 7 heteroatoms. The predicted molar refractivity (Wildman–Crippen MR) is 129 cm³/mol. The van der Waals surface area contributed by atoms with Crippen molar-refractivity contribution in [3.63, 3.8) is 0 Å². The molecule has 0 unspecified atom stereocenters. The molecule has 3 aromatic carbocycles. The van der Waals surface area contributed by atoms with Crippen LogP contribution >= 0.6 is 0 Å². The molecule has 0 atom stereocenters. The summed E-state index contributed by atoms with van der Waals surface area (Å²) >= 11 is 0. The van der Waals surface area contributed by atoms with Crippen molar-refractivity contribution in [2.24, 2.45) is 0 Å². The largest absolute Gasteiger partial charge is 0.497 e. The van der Waals surface area contributed by atoms with Crippen molar-refractivity contribution in [1.29, 1.82) is 0 Å². The molecule has 0 radical (unpaired) electrons. The van der Waals surface area contributed by atoms with Gasteiger partial charge in [0.25, 0.3) is 0 Å². The van der Waals surface area contributed by atoms with Gasteiger partial charge in [0.15, 0.2) is 0 Å². The molecule has 0 spiro atoms. The smallest absolute Gasteiger partial charge is 0.344 e.